The highest BCUT2D eigenvalue weighted by atomic mass is 32.2. The summed E-state index contributed by atoms with van der Waals surface area (Å²) in [5.74, 6) is 0.540. The fourth-order valence-electron chi connectivity index (χ4n) is 4.28. The molecule has 37 heavy (non-hydrogen) atoms. The maximum Gasteiger partial charge on any atom is 0.285 e. The highest BCUT2D eigenvalue weighted by Crippen LogP contribution is 2.28. The standard InChI is InChI=1S/C29H35N3O4S/c1-5-23(10-9-21(2)3)13-18-32-29(34)15-17-31(32)16-14-28(33)25-8-6-7-24(20-25)27-12-11-26(19-22(27)4)36-37(30)35/h5-12,19-20H,2,13-18,30H2,1,3-4H3/b10-9-,23-5+. The predicted octanol–water partition coefficient (Wildman–Crippen LogP) is 5.07. The summed E-state index contributed by atoms with van der Waals surface area (Å²) in [6, 6.07) is 12.8. The normalized spacial score (nSPS) is 15.4. The summed E-state index contributed by atoms with van der Waals surface area (Å²) in [6.45, 7) is 11.4. The van der Waals surface area contributed by atoms with Gasteiger partial charge in [0.25, 0.3) is 11.3 Å². The van der Waals surface area contributed by atoms with E-state index in [4.69, 9.17) is 9.32 Å². The van der Waals surface area contributed by atoms with Gasteiger partial charge in [-0.2, -0.15) is 4.21 Å². The first-order valence-corrected chi connectivity index (χ1v) is 13.4. The molecule has 0 spiro atoms. The molecule has 1 aliphatic rings. The molecule has 7 nitrogen and oxygen atoms in total. The zero-order valence-corrected chi connectivity index (χ0v) is 22.6. The number of aryl methyl sites for hydroxylation is 1. The lowest BCUT2D eigenvalue weighted by molar-refractivity contribution is -0.137. The second kappa shape index (κ2) is 13.3. The van der Waals surface area contributed by atoms with Crippen molar-refractivity contribution in [2.24, 2.45) is 5.14 Å². The number of Topliss-reactive ketones (excluding diaryl/α,β-unsaturated/α-hetero) is 1. The summed E-state index contributed by atoms with van der Waals surface area (Å²) in [4.78, 5) is 25.6. The van der Waals surface area contributed by atoms with Crippen LogP contribution >= 0.6 is 0 Å². The number of hydrogen-bond donors (Lipinski definition) is 1. The highest BCUT2D eigenvalue weighted by molar-refractivity contribution is 7.78. The molecular formula is C29H35N3O4S. The van der Waals surface area contributed by atoms with Crippen LogP contribution in [0.2, 0.25) is 0 Å². The number of ketones is 1. The van der Waals surface area contributed by atoms with E-state index in [1.807, 2.05) is 74.3 Å². The molecular weight excluding hydrogens is 486 g/mol. The Bertz CT molecular complexity index is 1250. The van der Waals surface area contributed by atoms with Crippen LogP contribution in [-0.4, -0.2) is 45.6 Å². The van der Waals surface area contributed by atoms with Crippen molar-refractivity contribution in [2.75, 3.05) is 19.6 Å². The second-order valence-electron chi connectivity index (χ2n) is 9.09. The number of carbonyl (C=O) groups excluding carboxylic acids is 2. The molecule has 0 aromatic heterocycles. The maximum absolute atomic E-state index is 13.1. The summed E-state index contributed by atoms with van der Waals surface area (Å²) in [7, 11) is 0. The molecule has 0 saturated carbocycles. The molecule has 1 saturated heterocycles. The smallest absolute Gasteiger partial charge is 0.285 e. The van der Waals surface area contributed by atoms with E-state index >= 15 is 0 Å². The molecule has 2 aromatic carbocycles. The number of rotatable bonds is 12. The molecule has 0 bridgehead atoms. The van der Waals surface area contributed by atoms with Crippen LogP contribution in [-0.2, 0) is 16.1 Å². The van der Waals surface area contributed by atoms with Crippen molar-refractivity contribution in [1.82, 2.24) is 10.0 Å². The van der Waals surface area contributed by atoms with E-state index in [0.717, 1.165) is 34.3 Å². The molecule has 2 N–H and O–H groups in total. The largest absolute Gasteiger partial charge is 0.389 e. The van der Waals surface area contributed by atoms with Crippen molar-refractivity contribution in [2.45, 2.75) is 40.0 Å². The molecule has 1 atom stereocenters. The molecule has 1 aliphatic heterocycles. The Morgan fingerprint density at radius 2 is 1.95 bits per heavy atom. The quantitative estimate of drug-likeness (QED) is 0.311. The number of nitrogens with two attached hydrogens (primary N) is 1. The summed E-state index contributed by atoms with van der Waals surface area (Å²) >= 11 is -1.88. The van der Waals surface area contributed by atoms with Gasteiger partial charge in [0.15, 0.2) is 5.78 Å². The number of hydrogen-bond acceptors (Lipinski definition) is 5. The molecule has 2 aromatic rings. The average Bonchev–Trinajstić information content (AvgIpc) is 3.21. The first-order valence-electron chi connectivity index (χ1n) is 12.3. The summed E-state index contributed by atoms with van der Waals surface area (Å²) in [5, 5.41) is 8.98. The topological polar surface area (TPSA) is 92.9 Å². The van der Waals surface area contributed by atoms with Crippen LogP contribution in [0, 0.1) is 6.92 Å². The van der Waals surface area contributed by atoms with Crippen LogP contribution in [0.3, 0.4) is 0 Å². The monoisotopic (exact) mass is 521 g/mol. The van der Waals surface area contributed by atoms with Crippen molar-refractivity contribution in [3.8, 4) is 16.9 Å². The van der Waals surface area contributed by atoms with Gasteiger partial charge in [0.2, 0.25) is 5.91 Å². The third-order valence-electron chi connectivity index (χ3n) is 6.25. The molecule has 1 amide bonds. The Morgan fingerprint density at radius 3 is 2.62 bits per heavy atom. The number of hydrazine groups is 1. The van der Waals surface area contributed by atoms with Crippen molar-refractivity contribution in [3.63, 3.8) is 0 Å². The minimum atomic E-state index is -1.88. The minimum Gasteiger partial charge on any atom is -0.389 e. The third kappa shape index (κ3) is 8.08. The molecule has 3 rings (SSSR count). The van der Waals surface area contributed by atoms with Crippen molar-refractivity contribution in [3.05, 3.63) is 89.5 Å². The van der Waals surface area contributed by atoms with Crippen molar-refractivity contribution >= 4 is 23.0 Å². The van der Waals surface area contributed by atoms with Crippen LogP contribution in [0.15, 0.2) is 78.4 Å². The van der Waals surface area contributed by atoms with Crippen LogP contribution in [0.4, 0.5) is 0 Å². The zero-order chi connectivity index (χ0) is 26.9. The van der Waals surface area contributed by atoms with E-state index in [9.17, 15) is 13.8 Å². The van der Waals surface area contributed by atoms with Crippen molar-refractivity contribution < 1.29 is 18.0 Å². The Balaban J connectivity index is 1.63. The number of allylic oxidation sites excluding steroid dienone is 4. The molecule has 1 heterocycles. The summed E-state index contributed by atoms with van der Waals surface area (Å²) in [5.41, 5.74) is 5.51. The lowest BCUT2D eigenvalue weighted by Gasteiger charge is -2.28. The number of nitrogens with zero attached hydrogens (tertiary/aromatic N) is 2. The lowest BCUT2D eigenvalue weighted by atomic mass is 9.97. The fourth-order valence-corrected chi connectivity index (χ4v) is 4.57. The Hall–Kier alpha value is -3.33. The van der Waals surface area contributed by atoms with Gasteiger partial charge in [0.1, 0.15) is 5.75 Å². The second-order valence-corrected chi connectivity index (χ2v) is 9.78. The SMILES string of the molecule is C=C(C)/C=C\C(=C/C)CCN1C(=O)CCN1CCC(=O)c1cccc(-c2ccc(OS(N)=O)cc2C)c1. The van der Waals surface area contributed by atoms with Crippen molar-refractivity contribution in [1.29, 1.82) is 0 Å². The van der Waals surface area contributed by atoms with E-state index in [2.05, 4.69) is 6.58 Å². The van der Waals surface area contributed by atoms with Gasteiger partial charge in [0.05, 0.1) is 0 Å². The van der Waals surface area contributed by atoms with Gasteiger partial charge in [0, 0.05) is 38.0 Å². The third-order valence-corrected chi connectivity index (χ3v) is 6.60. The van der Waals surface area contributed by atoms with Crippen LogP contribution < -0.4 is 9.32 Å². The van der Waals surface area contributed by atoms with E-state index < -0.39 is 11.3 Å². The predicted molar refractivity (Wildman–Crippen MR) is 149 cm³/mol. The number of benzene rings is 2. The molecule has 0 aliphatic carbocycles. The van der Waals surface area contributed by atoms with Crippen LogP contribution in [0.25, 0.3) is 11.1 Å². The molecule has 1 unspecified atom stereocenters. The first-order chi connectivity index (χ1) is 17.7. The molecule has 1 fully saturated rings. The molecule has 196 valence electrons. The Kier molecular flexibility index (Phi) is 10.1. The Labute approximate surface area is 222 Å². The maximum atomic E-state index is 13.1. The Morgan fingerprint density at radius 1 is 1.16 bits per heavy atom. The fraction of sp³-hybridized carbons (Fsp3) is 0.310. The van der Waals surface area contributed by atoms with Crippen LogP contribution in [0.5, 0.6) is 5.75 Å². The van der Waals surface area contributed by atoms with E-state index in [1.54, 1.807) is 17.1 Å². The molecule has 8 heteroatoms. The van der Waals surface area contributed by atoms with Gasteiger partial charge < -0.3 is 4.18 Å². The summed E-state index contributed by atoms with van der Waals surface area (Å²) < 4.78 is 16.2. The van der Waals surface area contributed by atoms with E-state index in [0.29, 0.717) is 43.8 Å². The van der Waals surface area contributed by atoms with Gasteiger partial charge in [-0.1, -0.05) is 60.2 Å². The van der Waals surface area contributed by atoms with Crippen LogP contribution in [0.1, 0.15) is 49.0 Å². The summed E-state index contributed by atoms with van der Waals surface area (Å²) in [6.07, 6.45) is 7.56. The molecule has 0 radical (unpaired) electrons. The van der Waals surface area contributed by atoms with E-state index in [-0.39, 0.29) is 11.7 Å². The zero-order valence-electron chi connectivity index (χ0n) is 21.7. The average molecular weight is 522 g/mol. The first kappa shape index (κ1) is 28.2. The van der Waals surface area contributed by atoms with Gasteiger partial charge in [-0.15, -0.1) is 0 Å². The van der Waals surface area contributed by atoms with E-state index in [1.165, 1.54) is 0 Å². The van der Waals surface area contributed by atoms with Gasteiger partial charge in [-0.25, -0.2) is 10.1 Å². The van der Waals surface area contributed by atoms with Gasteiger partial charge >= 0.3 is 0 Å². The minimum absolute atomic E-state index is 0.0239. The van der Waals surface area contributed by atoms with Gasteiger partial charge in [-0.3, -0.25) is 14.6 Å². The highest BCUT2D eigenvalue weighted by Gasteiger charge is 2.28. The lowest BCUT2D eigenvalue weighted by Crippen LogP contribution is -2.40. The van der Waals surface area contributed by atoms with Gasteiger partial charge in [-0.05, 0) is 62.1 Å². The number of amides is 1. The number of carbonyl (C=O) groups is 2.